The van der Waals surface area contributed by atoms with E-state index in [0.29, 0.717) is 6.42 Å². The van der Waals surface area contributed by atoms with Gasteiger partial charge in [-0.25, -0.2) is 0 Å². The molecule has 1 N–H and O–H groups in total. The molecule has 0 fully saturated rings. The molecule has 0 radical (unpaired) electrons. The summed E-state index contributed by atoms with van der Waals surface area (Å²) in [5, 5.41) is 8.55. The van der Waals surface area contributed by atoms with Crippen LogP contribution < -0.4 is 0 Å². The molecule has 0 aromatic heterocycles. The molecule has 0 spiro atoms. The van der Waals surface area contributed by atoms with Crippen LogP contribution >= 0.6 is 15.9 Å². The molecule has 1 unspecified atom stereocenters. The van der Waals surface area contributed by atoms with Gasteiger partial charge in [0.05, 0.1) is 0 Å². The van der Waals surface area contributed by atoms with Gasteiger partial charge in [-0.2, -0.15) is 0 Å². The highest BCUT2D eigenvalue weighted by molar-refractivity contribution is 9.10. The van der Waals surface area contributed by atoms with Crippen molar-refractivity contribution in [3.63, 3.8) is 0 Å². The number of carbonyl (C=O) groups is 1. The summed E-state index contributed by atoms with van der Waals surface area (Å²) < 4.78 is 0. The number of carboxylic acid groups (broad SMARTS) is 1. The third-order valence-electron chi connectivity index (χ3n) is 1.80. The van der Waals surface area contributed by atoms with Crippen LogP contribution in [0.2, 0.25) is 0 Å². The molecule has 1 atom stereocenters. The van der Waals surface area contributed by atoms with E-state index in [1.165, 1.54) is 0 Å². The summed E-state index contributed by atoms with van der Waals surface area (Å²) >= 11 is 3.09. The maximum atomic E-state index is 10.4. The smallest absolute Gasteiger partial charge is 0.317 e. The molecule has 0 heterocycles. The second-order valence-corrected chi connectivity index (χ2v) is 4.07. The van der Waals surface area contributed by atoms with Crippen molar-refractivity contribution in [2.75, 3.05) is 0 Å². The van der Waals surface area contributed by atoms with Gasteiger partial charge in [0.15, 0.2) is 0 Å². The van der Waals surface area contributed by atoms with Crippen molar-refractivity contribution in [1.29, 1.82) is 0 Å². The van der Waals surface area contributed by atoms with Crippen LogP contribution in [0.3, 0.4) is 0 Å². The van der Waals surface area contributed by atoms with Crippen molar-refractivity contribution in [2.24, 2.45) is 0 Å². The van der Waals surface area contributed by atoms with E-state index in [4.69, 9.17) is 11.5 Å². The van der Waals surface area contributed by atoms with Crippen LogP contribution in [0.4, 0.5) is 0 Å². The lowest BCUT2D eigenvalue weighted by molar-refractivity contribution is -0.136. The highest BCUT2D eigenvalue weighted by Crippen LogP contribution is 2.12. The van der Waals surface area contributed by atoms with Crippen LogP contribution in [0.15, 0.2) is 0 Å². The SMILES string of the molecule is C#CCCCCCCC(Br)C(=O)O. The Labute approximate surface area is 87.8 Å². The van der Waals surface area contributed by atoms with Crippen LogP contribution in [0.25, 0.3) is 0 Å². The number of hydrogen-bond donors (Lipinski definition) is 1. The van der Waals surface area contributed by atoms with Gasteiger partial charge in [0.2, 0.25) is 0 Å². The van der Waals surface area contributed by atoms with E-state index in [9.17, 15) is 4.79 Å². The summed E-state index contributed by atoms with van der Waals surface area (Å²) in [4.78, 5) is 10.0. The summed E-state index contributed by atoms with van der Waals surface area (Å²) in [5.74, 6) is 1.81. The zero-order valence-corrected chi connectivity index (χ0v) is 9.22. The van der Waals surface area contributed by atoms with Gasteiger partial charge in [0.25, 0.3) is 0 Å². The van der Waals surface area contributed by atoms with Gasteiger partial charge in [0, 0.05) is 6.42 Å². The first-order valence-electron chi connectivity index (χ1n) is 4.49. The molecule has 74 valence electrons. The molecular weight excluding hydrogens is 232 g/mol. The maximum absolute atomic E-state index is 10.4. The molecule has 0 bridgehead atoms. The minimum Gasteiger partial charge on any atom is -0.480 e. The Morgan fingerprint density at radius 2 is 2.00 bits per heavy atom. The van der Waals surface area contributed by atoms with E-state index < -0.39 is 5.97 Å². The van der Waals surface area contributed by atoms with Gasteiger partial charge in [-0.1, -0.05) is 35.2 Å². The largest absolute Gasteiger partial charge is 0.480 e. The minimum atomic E-state index is -0.774. The second kappa shape index (κ2) is 8.12. The highest BCUT2D eigenvalue weighted by Gasteiger charge is 2.11. The number of alkyl halides is 1. The van der Waals surface area contributed by atoms with Crippen molar-refractivity contribution in [3.8, 4) is 12.3 Å². The third-order valence-corrected chi connectivity index (χ3v) is 2.65. The normalized spacial score (nSPS) is 12.0. The van der Waals surface area contributed by atoms with Crippen molar-refractivity contribution >= 4 is 21.9 Å². The first-order valence-corrected chi connectivity index (χ1v) is 5.40. The number of unbranched alkanes of at least 4 members (excludes halogenated alkanes) is 4. The number of hydrogen-bond acceptors (Lipinski definition) is 1. The van der Waals surface area contributed by atoms with E-state index in [0.717, 1.165) is 32.1 Å². The molecular formula is C10H15BrO2. The average molecular weight is 247 g/mol. The fourth-order valence-electron chi connectivity index (χ4n) is 1.03. The van der Waals surface area contributed by atoms with Gasteiger partial charge >= 0.3 is 5.97 Å². The molecule has 0 aliphatic carbocycles. The maximum Gasteiger partial charge on any atom is 0.317 e. The van der Waals surface area contributed by atoms with Crippen LogP contribution in [-0.4, -0.2) is 15.9 Å². The summed E-state index contributed by atoms with van der Waals surface area (Å²) in [5.41, 5.74) is 0. The predicted octanol–water partition coefficient (Wildman–Crippen LogP) is 2.81. The Morgan fingerprint density at radius 3 is 2.54 bits per heavy atom. The topological polar surface area (TPSA) is 37.3 Å². The van der Waals surface area contributed by atoms with Gasteiger partial charge < -0.3 is 5.11 Å². The van der Waals surface area contributed by atoms with Crippen molar-refractivity contribution in [3.05, 3.63) is 0 Å². The van der Waals surface area contributed by atoms with E-state index in [2.05, 4.69) is 21.9 Å². The van der Waals surface area contributed by atoms with Crippen molar-refractivity contribution in [2.45, 2.75) is 43.4 Å². The fraction of sp³-hybridized carbons (Fsp3) is 0.700. The molecule has 0 aromatic rings. The minimum absolute atomic E-state index is 0.389. The van der Waals surface area contributed by atoms with Crippen molar-refractivity contribution < 1.29 is 9.90 Å². The fourth-order valence-corrected chi connectivity index (χ4v) is 1.35. The lowest BCUT2D eigenvalue weighted by Gasteiger charge is -2.03. The zero-order chi connectivity index (χ0) is 10.1. The lowest BCUT2D eigenvalue weighted by atomic mass is 10.1. The van der Waals surface area contributed by atoms with E-state index in [1.54, 1.807) is 0 Å². The molecule has 3 heteroatoms. The number of terminal acetylenes is 1. The van der Waals surface area contributed by atoms with E-state index in [-0.39, 0.29) is 4.83 Å². The van der Waals surface area contributed by atoms with Crippen molar-refractivity contribution in [1.82, 2.24) is 0 Å². The van der Waals surface area contributed by atoms with E-state index in [1.807, 2.05) is 0 Å². The third kappa shape index (κ3) is 7.86. The van der Waals surface area contributed by atoms with Gasteiger partial charge in [-0.05, 0) is 12.8 Å². The Hall–Kier alpha value is -0.490. The quantitative estimate of drug-likeness (QED) is 0.426. The molecule has 0 amide bonds. The molecule has 0 saturated carbocycles. The molecule has 13 heavy (non-hydrogen) atoms. The molecule has 0 saturated heterocycles. The molecule has 0 rings (SSSR count). The standard InChI is InChI=1S/C10H15BrO2/c1-2-3-4-5-6-7-8-9(11)10(12)13/h1,9H,3-8H2,(H,12,13). The Balaban J connectivity index is 3.17. The Kier molecular flexibility index (Phi) is 7.82. The summed E-state index contributed by atoms with van der Waals surface area (Å²) in [6.45, 7) is 0. The van der Waals surface area contributed by atoms with Crippen LogP contribution in [0.5, 0.6) is 0 Å². The first-order chi connectivity index (χ1) is 6.18. The van der Waals surface area contributed by atoms with Gasteiger partial charge in [-0.15, -0.1) is 12.3 Å². The molecule has 0 aliphatic rings. The predicted molar refractivity (Wildman–Crippen MR) is 56.9 cm³/mol. The number of carboxylic acids is 1. The Morgan fingerprint density at radius 1 is 1.38 bits per heavy atom. The van der Waals surface area contributed by atoms with Crippen LogP contribution in [0, 0.1) is 12.3 Å². The second-order valence-electron chi connectivity index (χ2n) is 2.96. The molecule has 2 nitrogen and oxygen atoms in total. The Bertz CT molecular complexity index is 184. The number of halogens is 1. The zero-order valence-electron chi connectivity index (χ0n) is 7.63. The van der Waals surface area contributed by atoms with E-state index >= 15 is 0 Å². The van der Waals surface area contributed by atoms with Gasteiger partial charge in [0.1, 0.15) is 4.83 Å². The summed E-state index contributed by atoms with van der Waals surface area (Å²) in [6.07, 6.45) is 10.8. The van der Waals surface area contributed by atoms with Crippen LogP contribution in [0.1, 0.15) is 38.5 Å². The average Bonchev–Trinajstić information content (AvgIpc) is 2.10. The molecule has 0 aliphatic heterocycles. The molecule has 0 aromatic carbocycles. The summed E-state index contributed by atoms with van der Waals surface area (Å²) in [6, 6.07) is 0. The monoisotopic (exact) mass is 246 g/mol. The summed E-state index contributed by atoms with van der Waals surface area (Å²) in [7, 11) is 0. The lowest BCUT2D eigenvalue weighted by Crippen LogP contribution is -2.11. The highest BCUT2D eigenvalue weighted by atomic mass is 79.9. The van der Waals surface area contributed by atoms with Crippen LogP contribution in [-0.2, 0) is 4.79 Å². The first kappa shape index (κ1) is 12.5. The van der Waals surface area contributed by atoms with Gasteiger partial charge in [-0.3, -0.25) is 4.79 Å². The number of aliphatic carboxylic acids is 1. The number of rotatable bonds is 7.